The molecule has 1 heterocycles. The van der Waals surface area contributed by atoms with E-state index in [9.17, 15) is 0 Å². The molecule has 3 aromatic rings. The summed E-state index contributed by atoms with van der Waals surface area (Å²) < 4.78 is 1.03. The monoisotopic (exact) mass is 342 g/mol. The molecule has 1 aromatic heterocycles. The van der Waals surface area contributed by atoms with Gasteiger partial charge in [-0.15, -0.1) is 0 Å². The first-order chi connectivity index (χ1) is 10.3. The van der Waals surface area contributed by atoms with Gasteiger partial charge in [0, 0.05) is 22.9 Å². The standard InChI is InChI=1S/C16H15BrN4/c17-13-5-6-15-14(7-13)16(10-20-21-15)19-9-12-3-1-11(8-18)2-4-12/h1-7,10H,8-9,18H2,(H,19,21). The van der Waals surface area contributed by atoms with Crippen LogP contribution >= 0.6 is 15.9 Å². The van der Waals surface area contributed by atoms with Crippen molar-refractivity contribution in [1.82, 2.24) is 10.2 Å². The second kappa shape index (κ2) is 6.20. The summed E-state index contributed by atoms with van der Waals surface area (Å²) in [5, 5.41) is 12.6. The van der Waals surface area contributed by atoms with Gasteiger partial charge in [-0.25, -0.2) is 0 Å². The molecule has 0 aliphatic carbocycles. The van der Waals surface area contributed by atoms with Crippen LogP contribution in [0.25, 0.3) is 10.9 Å². The van der Waals surface area contributed by atoms with E-state index in [2.05, 4.69) is 55.7 Å². The Hall–Kier alpha value is -1.98. The van der Waals surface area contributed by atoms with E-state index in [1.165, 1.54) is 5.56 Å². The maximum Gasteiger partial charge on any atom is 0.0951 e. The van der Waals surface area contributed by atoms with Crippen LogP contribution in [0.1, 0.15) is 11.1 Å². The highest BCUT2D eigenvalue weighted by Crippen LogP contribution is 2.24. The number of anilines is 1. The van der Waals surface area contributed by atoms with Crippen LogP contribution in [0, 0.1) is 0 Å². The van der Waals surface area contributed by atoms with Crippen LogP contribution in [0.15, 0.2) is 53.1 Å². The molecule has 0 unspecified atom stereocenters. The molecule has 106 valence electrons. The third-order valence-electron chi connectivity index (χ3n) is 3.34. The zero-order chi connectivity index (χ0) is 14.7. The van der Waals surface area contributed by atoms with Gasteiger partial charge in [-0.05, 0) is 29.3 Å². The number of hydrogen-bond acceptors (Lipinski definition) is 4. The van der Waals surface area contributed by atoms with Gasteiger partial charge < -0.3 is 11.1 Å². The van der Waals surface area contributed by atoms with Crippen LogP contribution in [-0.2, 0) is 13.1 Å². The largest absolute Gasteiger partial charge is 0.379 e. The Balaban J connectivity index is 1.82. The van der Waals surface area contributed by atoms with Crippen molar-refractivity contribution in [2.75, 3.05) is 5.32 Å². The van der Waals surface area contributed by atoms with E-state index in [0.29, 0.717) is 6.54 Å². The van der Waals surface area contributed by atoms with E-state index in [1.54, 1.807) is 6.20 Å². The third-order valence-corrected chi connectivity index (χ3v) is 3.84. The Labute approximate surface area is 131 Å². The quantitative estimate of drug-likeness (QED) is 0.761. The Morgan fingerprint density at radius 3 is 2.57 bits per heavy atom. The number of rotatable bonds is 4. The second-order valence-corrected chi connectivity index (χ2v) is 5.71. The molecule has 0 bridgehead atoms. The first-order valence-corrected chi connectivity index (χ1v) is 7.48. The average molecular weight is 343 g/mol. The van der Waals surface area contributed by atoms with Crippen LogP contribution in [0.4, 0.5) is 5.69 Å². The highest BCUT2D eigenvalue weighted by Gasteiger charge is 2.03. The first-order valence-electron chi connectivity index (χ1n) is 6.69. The van der Waals surface area contributed by atoms with Gasteiger partial charge >= 0.3 is 0 Å². The molecule has 5 heteroatoms. The fourth-order valence-electron chi connectivity index (χ4n) is 2.16. The van der Waals surface area contributed by atoms with E-state index < -0.39 is 0 Å². The van der Waals surface area contributed by atoms with Crippen LogP contribution in [0.3, 0.4) is 0 Å². The van der Waals surface area contributed by atoms with Crippen molar-refractivity contribution in [3.05, 3.63) is 64.3 Å². The summed E-state index contributed by atoms with van der Waals surface area (Å²) in [7, 11) is 0. The molecule has 0 aliphatic heterocycles. The number of fused-ring (bicyclic) bond motifs is 1. The summed E-state index contributed by atoms with van der Waals surface area (Å²) in [5.41, 5.74) is 9.80. The Kier molecular flexibility index (Phi) is 4.13. The lowest BCUT2D eigenvalue weighted by Crippen LogP contribution is -2.02. The molecule has 3 rings (SSSR count). The summed E-state index contributed by atoms with van der Waals surface area (Å²) in [6.45, 7) is 1.30. The predicted octanol–water partition coefficient (Wildman–Crippen LogP) is 3.46. The van der Waals surface area contributed by atoms with Crippen LogP contribution < -0.4 is 11.1 Å². The van der Waals surface area contributed by atoms with Gasteiger partial charge in [-0.3, -0.25) is 0 Å². The maximum atomic E-state index is 5.61. The summed E-state index contributed by atoms with van der Waals surface area (Å²) >= 11 is 3.49. The topological polar surface area (TPSA) is 63.8 Å². The van der Waals surface area contributed by atoms with Crippen molar-refractivity contribution >= 4 is 32.5 Å². The highest BCUT2D eigenvalue weighted by atomic mass is 79.9. The van der Waals surface area contributed by atoms with Gasteiger partial charge in [0.1, 0.15) is 0 Å². The number of nitrogens with one attached hydrogen (secondary N) is 1. The van der Waals surface area contributed by atoms with E-state index in [-0.39, 0.29) is 0 Å². The molecule has 21 heavy (non-hydrogen) atoms. The van der Waals surface area contributed by atoms with Crippen molar-refractivity contribution in [2.24, 2.45) is 5.73 Å². The Morgan fingerprint density at radius 1 is 1.05 bits per heavy atom. The summed E-state index contributed by atoms with van der Waals surface area (Å²) in [4.78, 5) is 0. The molecular formula is C16H15BrN4. The van der Waals surface area contributed by atoms with Crippen molar-refractivity contribution in [1.29, 1.82) is 0 Å². The number of nitrogens with two attached hydrogens (primary N) is 1. The number of nitrogens with zero attached hydrogens (tertiary/aromatic N) is 2. The molecule has 0 radical (unpaired) electrons. The van der Waals surface area contributed by atoms with Gasteiger partial charge in [0.25, 0.3) is 0 Å². The molecule has 0 atom stereocenters. The minimum atomic E-state index is 0.570. The van der Waals surface area contributed by atoms with Crippen molar-refractivity contribution < 1.29 is 0 Å². The van der Waals surface area contributed by atoms with E-state index in [1.807, 2.05) is 18.2 Å². The van der Waals surface area contributed by atoms with E-state index in [4.69, 9.17) is 5.73 Å². The van der Waals surface area contributed by atoms with E-state index >= 15 is 0 Å². The van der Waals surface area contributed by atoms with Crippen molar-refractivity contribution in [2.45, 2.75) is 13.1 Å². The zero-order valence-electron chi connectivity index (χ0n) is 11.4. The average Bonchev–Trinajstić information content (AvgIpc) is 2.53. The number of benzene rings is 2. The van der Waals surface area contributed by atoms with Gasteiger partial charge in [0.15, 0.2) is 0 Å². The summed E-state index contributed by atoms with van der Waals surface area (Å²) in [5.74, 6) is 0. The lowest BCUT2D eigenvalue weighted by atomic mass is 10.1. The molecule has 0 saturated carbocycles. The molecule has 0 aliphatic rings. The second-order valence-electron chi connectivity index (χ2n) is 4.79. The molecule has 0 saturated heterocycles. The Bertz CT molecular complexity index is 756. The highest BCUT2D eigenvalue weighted by molar-refractivity contribution is 9.10. The maximum absolute atomic E-state index is 5.61. The summed E-state index contributed by atoms with van der Waals surface area (Å²) in [6.07, 6.45) is 1.75. The van der Waals surface area contributed by atoms with Crippen LogP contribution in [0.5, 0.6) is 0 Å². The lowest BCUT2D eigenvalue weighted by molar-refractivity contribution is 1.05. The number of halogens is 1. The minimum absolute atomic E-state index is 0.570. The molecular weight excluding hydrogens is 328 g/mol. The molecule has 3 N–H and O–H groups in total. The van der Waals surface area contributed by atoms with E-state index in [0.717, 1.165) is 33.2 Å². The normalized spacial score (nSPS) is 10.8. The number of aromatic nitrogens is 2. The zero-order valence-corrected chi connectivity index (χ0v) is 13.0. The van der Waals surface area contributed by atoms with Gasteiger partial charge in [-0.1, -0.05) is 40.2 Å². The first kappa shape index (κ1) is 14.0. The van der Waals surface area contributed by atoms with Crippen molar-refractivity contribution in [3.63, 3.8) is 0 Å². The lowest BCUT2D eigenvalue weighted by Gasteiger charge is -2.09. The smallest absolute Gasteiger partial charge is 0.0951 e. The fourth-order valence-corrected chi connectivity index (χ4v) is 2.52. The van der Waals surface area contributed by atoms with Crippen LogP contribution in [0.2, 0.25) is 0 Å². The van der Waals surface area contributed by atoms with Gasteiger partial charge in [-0.2, -0.15) is 10.2 Å². The number of hydrogen-bond donors (Lipinski definition) is 2. The SMILES string of the molecule is NCc1ccc(CNc2cnnc3ccc(Br)cc23)cc1. The summed E-state index contributed by atoms with van der Waals surface area (Å²) in [6, 6.07) is 14.2. The fraction of sp³-hybridized carbons (Fsp3) is 0.125. The van der Waals surface area contributed by atoms with Gasteiger partial charge in [0.05, 0.1) is 17.4 Å². The van der Waals surface area contributed by atoms with Crippen LogP contribution in [-0.4, -0.2) is 10.2 Å². The predicted molar refractivity (Wildman–Crippen MR) is 88.9 cm³/mol. The molecule has 0 fully saturated rings. The molecule has 0 spiro atoms. The Morgan fingerprint density at radius 2 is 1.81 bits per heavy atom. The van der Waals surface area contributed by atoms with Crippen molar-refractivity contribution in [3.8, 4) is 0 Å². The third kappa shape index (κ3) is 3.20. The minimum Gasteiger partial charge on any atom is -0.379 e. The molecule has 2 aromatic carbocycles. The molecule has 4 nitrogen and oxygen atoms in total. The van der Waals surface area contributed by atoms with Gasteiger partial charge in [0.2, 0.25) is 0 Å². The molecule has 0 amide bonds.